The molecule has 0 spiro atoms. The molecular weight excluding hydrogens is 211 g/mol. The van der Waals surface area contributed by atoms with E-state index < -0.39 is 7.60 Å². The van der Waals surface area contributed by atoms with Crippen LogP contribution in [0.25, 0.3) is 0 Å². The van der Waals surface area contributed by atoms with E-state index in [0.717, 1.165) is 5.57 Å². The second-order valence-corrected chi connectivity index (χ2v) is 4.79. The Balaban J connectivity index is 0. The van der Waals surface area contributed by atoms with Gasteiger partial charge in [0.2, 0.25) is 0 Å². The van der Waals surface area contributed by atoms with Gasteiger partial charge in [-0.25, -0.2) is 0 Å². The lowest BCUT2D eigenvalue weighted by Gasteiger charge is -2.16. The lowest BCUT2D eigenvalue weighted by molar-refractivity contribution is 0.222. The van der Waals surface area contributed by atoms with E-state index in [-0.39, 0.29) is 0 Å². The highest BCUT2D eigenvalue weighted by atomic mass is 31.2. The Hall–Kier alpha value is -0.110. The van der Waals surface area contributed by atoms with E-state index in [1.807, 2.05) is 47.6 Å². The van der Waals surface area contributed by atoms with Gasteiger partial charge in [0.05, 0.1) is 19.4 Å². The molecule has 0 unspecified atom stereocenters. The van der Waals surface area contributed by atoms with E-state index in [1.165, 1.54) is 0 Å². The van der Waals surface area contributed by atoms with Crippen molar-refractivity contribution in [3.8, 4) is 0 Å². The molecule has 0 aliphatic heterocycles. The molecule has 0 rings (SSSR count). The van der Waals surface area contributed by atoms with Gasteiger partial charge in [0, 0.05) is 0 Å². The fourth-order valence-corrected chi connectivity index (χ4v) is 2.76. The van der Waals surface area contributed by atoms with E-state index >= 15 is 0 Å². The lowest BCUT2D eigenvalue weighted by atomic mass is 10.3. The minimum atomic E-state index is -2.86. The summed E-state index contributed by atoms with van der Waals surface area (Å²) < 4.78 is 22.2. The normalized spacial score (nSPS) is 12.0. The number of allylic oxidation sites excluding steroid dienone is 2. The zero-order chi connectivity index (χ0) is 12.3. The smallest absolute Gasteiger partial charge is 0.309 e. The molecule has 4 heteroatoms. The highest BCUT2D eigenvalue weighted by molar-refractivity contribution is 7.54. The first-order valence-electron chi connectivity index (χ1n) is 5.58. The molecule has 0 radical (unpaired) electrons. The van der Waals surface area contributed by atoms with Gasteiger partial charge in [-0.3, -0.25) is 4.57 Å². The van der Waals surface area contributed by atoms with E-state index in [4.69, 9.17) is 9.05 Å². The minimum absolute atomic E-state index is 0.394. The van der Waals surface area contributed by atoms with Crippen LogP contribution in [0.5, 0.6) is 0 Å². The third-order valence-electron chi connectivity index (χ3n) is 1.59. The first-order valence-corrected chi connectivity index (χ1v) is 7.30. The zero-order valence-corrected chi connectivity index (χ0v) is 11.8. The minimum Gasteiger partial charge on any atom is -0.309 e. The van der Waals surface area contributed by atoms with E-state index in [9.17, 15) is 4.57 Å². The molecule has 0 N–H and O–H groups in total. The molecule has 0 atom stereocenters. The third kappa shape index (κ3) is 8.86. The first-order chi connectivity index (χ1) is 7.08. The largest absolute Gasteiger partial charge is 0.334 e. The third-order valence-corrected chi connectivity index (χ3v) is 3.78. The monoisotopic (exact) mass is 236 g/mol. The summed E-state index contributed by atoms with van der Waals surface area (Å²) in [6.45, 7) is 12.3. The molecule has 0 aromatic rings. The molecule has 0 aromatic carbocycles. The Bertz CT molecular complexity index is 202. The average molecular weight is 236 g/mol. The molecule has 0 aliphatic rings. The quantitative estimate of drug-likeness (QED) is 0.511. The van der Waals surface area contributed by atoms with Gasteiger partial charge in [-0.1, -0.05) is 25.5 Å². The van der Waals surface area contributed by atoms with Crippen molar-refractivity contribution in [1.82, 2.24) is 0 Å². The fraction of sp³-hybridized carbons (Fsp3) is 0.818. The summed E-state index contributed by atoms with van der Waals surface area (Å²) in [6.07, 6.45) is 2.32. The maximum atomic E-state index is 11.9. The van der Waals surface area contributed by atoms with Crippen molar-refractivity contribution in [2.75, 3.05) is 19.4 Å². The molecule has 0 fully saturated rings. The molecule has 0 aromatic heterocycles. The van der Waals surface area contributed by atoms with Crippen LogP contribution in [0.1, 0.15) is 41.5 Å². The SMILES string of the molecule is C/C=C(\C)CP(=O)(OCC)OCC.CC. The van der Waals surface area contributed by atoms with Crippen LogP contribution in [0.15, 0.2) is 11.6 Å². The van der Waals surface area contributed by atoms with Crippen LogP contribution < -0.4 is 0 Å². The molecular formula is C11H25O3P. The second kappa shape index (κ2) is 10.4. The van der Waals surface area contributed by atoms with E-state index in [0.29, 0.717) is 19.4 Å². The number of rotatable bonds is 6. The van der Waals surface area contributed by atoms with Gasteiger partial charge in [-0.05, 0) is 27.7 Å². The van der Waals surface area contributed by atoms with Crippen molar-refractivity contribution in [2.24, 2.45) is 0 Å². The Morgan fingerprint density at radius 2 is 1.60 bits per heavy atom. The second-order valence-electron chi connectivity index (χ2n) is 2.74. The molecule has 0 saturated heterocycles. The molecule has 0 saturated carbocycles. The van der Waals surface area contributed by atoms with Crippen LogP contribution in [-0.4, -0.2) is 19.4 Å². The summed E-state index contributed by atoms with van der Waals surface area (Å²) in [5.74, 6) is 0. The van der Waals surface area contributed by atoms with Crippen molar-refractivity contribution in [3.05, 3.63) is 11.6 Å². The summed E-state index contributed by atoms with van der Waals surface area (Å²) in [6, 6.07) is 0. The highest BCUT2D eigenvalue weighted by Crippen LogP contribution is 2.49. The fourth-order valence-electron chi connectivity index (χ4n) is 0.919. The van der Waals surface area contributed by atoms with Crippen molar-refractivity contribution >= 4 is 7.60 Å². The summed E-state index contributed by atoms with van der Waals surface area (Å²) in [5.41, 5.74) is 1.03. The topological polar surface area (TPSA) is 35.5 Å². The van der Waals surface area contributed by atoms with Crippen LogP contribution in [0.2, 0.25) is 0 Å². The van der Waals surface area contributed by atoms with Crippen molar-refractivity contribution in [2.45, 2.75) is 41.5 Å². The Morgan fingerprint density at radius 3 is 1.87 bits per heavy atom. The van der Waals surface area contributed by atoms with Crippen LogP contribution in [0, 0.1) is 0 Å². The van der Waals surface area contributed by atoms with Crippen molar-refractivity contribution in [1.29, 1.82) is 0 Å². The maximum Gasteiger partial charge on any atom is 0.334 e. The average Bonchev–Trinajstić information content (AvgIpc) is 2.21. The number of hydrogen-bond acceptors (Lipinski definition) is 3. The molecule has 0 bridgehead atoms. The Kier molecular flexibility index (Phi) is 12.0. The van der Waals surface area contributed by atoms with E-state index in [1.54, 1.807) is 0 Å². The molecule has 0 amide bonds. The van der Waals surface area contributed by atoms with Gasteiger partial charge >= 0.3 is 7.60 Å². The van der Waals surface area contributed by atoms with Gasteiger partial charge in [0.1, 0.15) is 0 Å². The lowest BCUT2D eigenvalue weighted by Crippen LogP contribution is -2.00. The van der Waals surface area contributed by atoms with Gasteiger partial charge < -0.3 is 9.05 Å². The Morgan fingerprint density at radius 1 is 1.20 bits per heavy atom. The summed E-state index contributed by atoms with van der Waals surface area (Å²) in [5, 5.41) is 0. The first kappa shape index (κ1) is 17.3. The summed E-state index contributed by atoms with van der Waals surface area (Å²) in [4.78, 5) is 0. The van der Waals surface area contributed by atoms with Gasteiger partial charge in [0.15, 0.2) is 0 Å². The van der Waals surface area contributed by atoms with Crippen LogP contribution >= 0.6 is 7.60 Å². The standard InChI is InChI=1S/C9H19O3P.C2H6/c1-5-9(4)8-13(10,11-6-2)12-7-3;1-2/h5H,6-8H2,1-4H3;1-2H3/b9-5+;. The molecule has 3 nitrogen and oxygen atoms in total. The Labute approximate surface area is 94.4 Å². The summed E-state index contributed by atoms with van der Waals surface area (Å²) in [7, 11) is -2.86. The molecule has 0 aliphatic carbocycles. The van der Waals surface area contributed by atoms with E-state index in [2.05, 4.69) is 0 Å². The van der Waals surface area contributed by atoms with Crippen LogP contribution in [0.4, 0.5) is 0 Å². The highest BCUT2D eigenvalue weighted by Gasteiger charge is 2.23. The molecule has 92 valence electrons. The summed E-state index contributed by atoms with van der Waals surface area (Å²) >= 11 is 0. The van der Waals surface area contributed by atoms with Gasteiger partial charge in [-0.15, -0.1) is 0 Å². The van der Waals surface area contributed by atoms with Gasteiger partial charge in [0.25, 0.3) is 0 Å². The predicted octanol–water partition coefficient (Wildman–Crippen LogP) is 4.24. The molecule has 15 heavy (non-hydrogen) atoms. The van der Waals surface area contributed by atoms with Crippen LogP contribution in [0.3, 0.4) is 0 Å². The van der Waals surface area contributed by atoms with Crippen LogP contribution in [-0.2, 0) is 13.6 Å². The van der Waals surface area contributed by atoms with Gasteiger partial charge in [-0.2, -0.15) is 0 Å². The predicted molar refractivity (Wildman–Crippen MR) is 66.5 cm³/mol. The van der Waals surface area contributed by atoms with Crippen molar-refractivity contribution in [3.63, 3.8) is 0 Å². The molecule has 0 heterocycles. The maximum absolute atomic E-state index is 11.9. The number of hydrogen-bond donors (Lipinski definition) is 0. The zero-order valence-electron chi connectivity index (χ0n) is 10.9. The van der Waals surface area contributed by atoms with Crippen molar-refractivity contribution < 1.29 is 13.6 Å².